The molecule has 0 radical (unpaired) electrons. The number of amides is 3. The maximum absolute atomic E-state index is 13.6. The third kappa shape index (κ3) is 8.48. The molecule has 0 saturated carbocycles. The number of hydrogen-bond acceptors (Lipinski definition) is 5. The number of carbonyl (C=O) groups is 2. The average molecular weight is 505 g/mol. The summed E-state index contributed by atoms with van der Waals surface area (Å²) in [6.07, 6.45) is 2.37. The standard InChI is InChI=1S/C29H36N4O4/c1-24-8-5-11-26(20-24)30-29(35)32(14-7-13-31-15-18-36-19-16-31)23-28(34)33(22-27-12-6-17-37-27)21-25-9-3-2-4-10-25/h2-6,8-12,17,20H,7,13-16,18-19,21-23H2,1H3,(H,30,35). The Balaban J connectivity index is 1.45. The minimum atomic E-state index is -0.279. The molecule has 196 valence electrons. The molecule has 1 aromatic heterocycles. The minimum absolute atomic E-state index is 0.0195. The summed E-state index contributed by atoms with van der Waals surface area (Å²) in [6.45, 7) is 7.30. The van der Waals surface area contributed by atoms with Crippen molar-refractivity contribution in [2.24, 2.45) is 0 Å². The Kier molecular flexibility index (Phi) is 9.74. The van der Waals surface area contributed by atoms with Crippen LogP contribution in [0.25, 0.3) is 0 Å². The van der Waals surface area contributed by atoms with Gasteiger partial charge in [-0.25, -0.2) is 4.79 Å². The number of benzene rings is 2. The number of rotatable bonds is 11. The first kappa shape index (κ1) is 26.4. The zero-order valence-corrected chi connectivity index (χ0v) is 21.5. The topological polar surface area (TPSA) is 78.3 Å². The zero-order chi connectivity index (χ0) is 25.9. The Labute approximate surface area is 218 Å². The van der Waals surface area contributed by atoms with Crippen LogP contribution in [-0.2, 0) is 22.6 Å². The van der Waals surface area contributed by atoms with Crippen molar-refractivity contribution in [3.05, 3.63) is 89.9 Å². The van der Waals surface area contributed by atoms with E-state index in [2.05, 4.69) is 10.2 Å². The van der Waals surface area contributed by atoms with Crippen molar-refractivity contribution in [1.82, 2.24) is 14.7 Å². The lowest BCUT2D eigenvalue weighted by atomic mass is 10.2. The van der Waals surface area contributed by atoms with Crippen molar-refractivity contribution in [3.8, 4) is 0 Å². The summed E-state index contributed by atoms with van der Waals surface area (Å²) in [7, 11) is 0. The predicted octanol–water partition coefficient (Wildman–Crippen LogP) is 4.37. The van der Waals surface area contributed by atoms with Gasteiger partial charge in [0.2, 0.25) is 5.91 Å². The third-order valence-corrected chi connectivity index (χ3v) is 6.38. The number of hydrogen-bond donors (Lipinski definition) is 1. The fourth-order valence-electron chi connectivity index (χ4n) is 4.38. The molecule has 1 saturated heterocycles. The van der Waals surface area contributed by atoms with Gasteiger partial charge in [0.25, 0.3) is 0 Å². The molecule has 4 rings (SSSR count). The fraction of sp³-hybridized carbons (Fsp3) is 0.379. The van der Waals surface area contributed by atoms with E-state index in [0.717, 1.165) is 50.4 Å². The smallest absolute Gasteiger partial charge is 0.322 e. The first-order valence-electron chi connectivity index (χ1n) is 12.8. The van der Waals surface area contributed by atoms with Gasteiger partial charge in [0.1, 0.15) is 12.3 Å². The molecule has 37 heavy (non-hydrogen) atoms. The zero-order valence-electron chi connectivity index (χ0n) is 21.5. The lowest BCUT2D eigenvalue weighted by Gasteiger charge is -2.30. The van der Waals surface area contributed by atoms with E-state index >= 15 is 0 Å². The number of anilines is 1. The van der Waals surface area contributed by atoms with Gasteiger partial charge < -0.3 is 24.3 Å². The molecule has 8 heteroatoms. The maximum atomic E-state index is 13.6. The van der Waals surface area contributed by atoms with E-state index in [0.29, 0.717) is 31.1 Å². The van der Waals surface area contributed by atoms with Gasteiger partial charge in [-0.2, -0.15) is 0 Å². The van der Waals surface area contributed by atoms with Crippen LogP contribution in [0.15, 0.2) is 77.4 Å². The molecular weight excluding hydrogens is 468 g/mol. The molecule has 0 unspecified atom stereocenters. The van der Waals surface area contributed by atoms with Crippen molar-refractivity contribution in [3.63, 3.8) is 0 Å². The number of ether oxygens (including phenoxy) is 1. The number of carbonyl (C=O) groups excluding carboxylic acids is 2. The summed E-state index contributed by atoms with van der Waals surface area (Å²) in [5.74, 6) is 0.568. The van der Waals surface area contributed by atoms with E-state index < -0.39 is 0 Å². The van der Waals surface area contributed by atoms with Gasteiger partial charge >= 0.3 is 6.03 Å². The highest BCUT2D eigenvalue weighted by Gasteiger charge is 2.23. The van der Waals surface area contributed by atoms with E-state index in [-0.39, 0.29) is 18.5 Å². The van der Waals surface area contributed by atoms with E-state index in [1.165, 1.54) is 0 Å². The molecule has 1 fully saturated rings. The Morgan fingerprint density at radius 1 is 0.946 bits per heavy atom. The van der Waals surface area contributed by atoms with Crippen molar-refractivity contribution >= 4 is 17.6 Å². The highest BCUT2D eigenvalue weighted by atomic mass is 16.5. The Hall–Kier alpha value is -3.62. The molecular formula is C29H36N4O4. The van der Waals surface area contributed by atoms with Crippen LogP contribution in [0.1, 0.15) is 23.3 Å². The van der Waals surface area contributed by atoms with Crippen LogP contribution in [0.3, 0.4) is 0 Å². The first-order valence-corrected chi connectivity index (χ1v) is 12.8. The van der Waals surface area contributed by atoms with Crippen LogP contribution in [0, 0.1) is 6.92 Å². The van der Waals surface area contributed by atoms with E-state index in [4.69, 9.17) is 9.15 Å². The lowest BCUT2D eigenvalue weighted by molar-refractivity contribution is -0.133. The molecule has 3 aromatic rings. The van der Waals surface area contributed by atoms with Crippen LogP contribution in [0.4, 0.5) is 10.5 Å². The van der Waals surface area contributed by atoms with E-state index in [1.54, 1.807) is 16.1 Å². The summed E-state index contributed by atoms with van der Waals surface area (Å²) >= 11 is 0. The second kappa shape index (κ2) is 13.6. The molecule has 0 aliphatic carbocycles. The van der Waals surface area contributed by atoms with Crippen LogP contribution in [-0.4, -0.2) is 72.6 Å². The molecule has 8 nitrogen and oxygen atoms in total. The van der Waals surface area contributed by atoms with Crippen molar-refractivity contribution < 1.29 is 18.7 Å². The van der Waals surface area contributed by atoms with Crippen molar-refractivity contribution in [2.75, 3.05) is 51.3 Å². The summed E-state index contributed by atoms with van der Waals surface area (Å²) in [5, 5.41) is 2.97. The normalized spacial score (nSPS) is 13.8. The molecule has 3 amide bonds. The first-order chi connectivity index (χ1) is 18.1. The molecule has 0 spiro atoms. The second-order valence-corrected chi connectivity index (χ2v) is 9.34. The van der Waals surface area contributed by atoms with Crippen molar-refractivity contribution in [2.45, 2.75) is 26.4 Å². The molecule has 2 heterocycles. The molecule has 1 aliphatic heterocycles. The number of furan rings is 1. The Morgan fingerprint density at radius 3 is 2.49 bits per heavy atom. The summed E-state index contributed by atoms with van der Waals surface area (Å²) < 4.78 is 11.0. The number of urea groups is 1. The monoisotopic (exact) mass is 504 g/mol. The van der Waals surface area contributed by atoms with E-state index in [9.17, 15) is 9.59 Å². The minimum Gasteiger partial charge on any atom is -0.467 e. The van der Waals surface area contributed by atoms with Gasteiger partial charge in [-0.1, -0.05) is 42.5 Å². The largest absolute Gasteiger partial charge is 0.467 e. The van der Waals surface area contributed by atoms with Crippen LogP contribution in [0.2, 0.25) is 0 Å². The Morgan fingerprint density at radius 2 is 1.76 bits per heavy atom. The predicted molar refractivity (Wildman–Crippen MR) is 143 cm³/mol. The third-order valence-electron chi connectivity index (χ3n) is 6.38. The number of morpholine rings is 1. The average Bonchev–Trinajstić information content (AvgIpc) is 3.42. The molecule has 0 atom stereocenters. The second-order valence-electron chi connectivity index (χ2n) is 9.34. The van der Waals surface area contributed by atoms with Gasteiger partial charge in [-0.05, 0) is 48.7 Å². The molecule has 1 aliphatic rings. The lowest BCUT2D eigenvalue weighted by Crippen LogP contribution is -2.45. The summed E-state index contributed by atoms with van der Waals surface area (Å²) in [6, 6.07) is 20.9. The number of aryl methyl sites for hydroxylation is 1. The van der Waals surface area contributed by atoms with Crippen LogP contribution < -0.4 is 5.32 Å². The highest BCUT2D eigenvalue weighted by Crippen LogP contribution is 2.14. The maximum Gasteiger partial charge on any atom is 0.322 e. The summed E-state index contributed by atoms with van der Waals surface area (Å²) in [4.78, 5) is 32.6. The number of nitrogens with one attached hydrogen (secondary N) is 1. The quantitative estimate of drug-likeness (QED) is 0.420. The number of nitrogens with zero attached hydrogens (tertiary/aromatic N) is 3. The highest BCUT2D eigenvalue weighted by molar-refractivity contribution is 5.92. The van der Waals surface area contributed by atoms with Gasteiger partial charge in [0, 0.05) is 38.4 Å². The van der Waals surface area contributed by atoms with Gasteiger partial charge in [0.15, 0.2) is 0 Å². The SMILES string of the molecule is Cc1cccc(NC(=O)N(CCCN2CCOCC2)CC(=O)N(Cc2ccccc2)Cc2ccco2)c1. The summed E-state index contributed by atoms with van der Waals surface area (Å²) in [5.41, 5.74) is 2.79. The Bertz CT molecular complexity index is 1110. The molecule has 0 bridgehead atoms. The van der Waals surface area contributed by atoms with Gasteiger partial charge in [0.05, 0.1) is 26.0 Å². The molecule has 1 N–H and O–H groups in total. The van der Waals surface area contributed by atoms with Crippen molar-refractivity contribution in [1.29, 1.82) is 0 Å². The fourth-order valence-corrected chi connectivity index (χ4v) is 4.38. The van der Waals surface area contributed by atoms with Gasteiger partial charge in [-0.15, -0.1) is 0 Å². The van der Waals surface area contributed by atoms with Gasteiger partial charge in [-0.3, -0.25) is 9.69 Å². The van der Waals surface area contributed by atoms with E-state index in [1.807, 2.05) is 73.7 Å². The molecule has 2 aromatic carbocycles. The van der Waals surface area contributed by atoms with Crippen LogP contribution in [0.5, 0.6) is 0 Å². The van der Waals surface area contributed by atoms with Crippen LogP contribution >= 0.6 is 0 Å².